The van der Waals surface area contributed by atoms with Crippen LogP contribution in [0.1, 0.15) is 12.6 Å². The van der Waals surface area contributed by atoms with E-state index in [2.05, 4.69) is 0 Å². The molecule has 0 spiro atoms. The second-order valence-corrected chi connectivity index (χ2v) is 2.66. The van der Waals surface area contributed by atoms with Gasteiger partial charge in [0.2, 0.25) is 0 Å². The maximum absolute atomic E-state index is 8.98. The van der Waals surface area contributed by atoms with Crippen molar-refractivity contribution < 1.29 is 16.0 Å². The normalized spacial score (nSPS) is 13.9. The van der Waals surface area contributed by atoms with Crippen LogP contribution in [0.2, 0.25) is 0 Å². The first kappa shape index (κ1) is 11.0. The van der Waals surface area contributed by atoms with Crippen LogP contribution < -0.4 is 4.74 Å². The third-order valence-corrected chi connectivity index (χ3v) is 1.94. The van der Waals surface area contributed by atoms with Gasteiger partial charge in [-0.15, -0.1) is 0 Å². The number of aliphatic hydroxyl groups excluding tert-OH is 1. The van der Waals surface area contributed by atoms with Crippen LogP contribution in [-0.4, -0.2) is 41.5 Å². The number of benzene rings is 1. The van der Waals surface area contributed by atoms with Crippen LogP contribution in [0.5, 0.6) is 5.75 Å². The van der Waals surface area contributed by atoms with Gasteiger partial charge in [-0.25, -0.2) is 0 Å². The minimum absolute atomic E-state index is 0. The summed E-state index contributed by atoms with van der Waals surface area (Å²) in [5.41, 5.74) is 1.85. The van der Waals surface area contributed by atoms with Crippen molar-refractivity contribution in [1.29, 1.82) is 0 Å². The van der Waals surface area contributed by atoms with Gasteiger partial charge in [0.1, 0.15) is 5.75 Å². The minimum atomic E-state index is 0. The number of hydrogen-bond donors (Lipinski definition) is 1. The van der Waals surface area contributed by atoms with Crippen molar-refractivity contribution in [3.05, 3.63) is 29.3 Å². The molecule has 1 aliphatic rings. The van der Waals surface area contributed by atoms with Crippen LogP contribution in [0.4, 0.5) is 0 Å². The third kappa shape index (κ3) is 2.24. The summed E-state index contributed by atoms with van der Waals surface area (Å²) in [6.45, 7) is 0.879. The van der Waals surface area contributed by atoms with Gasteiger partial charge in [0.25, 0.3) is 0 Å². The monoisotopic (exact) mass is 192 g/mol. The fourth-order valence-corrected chi connectivity index (χ4v) is 1.31. The van der Waals surface area contributed by atoms with E-state index in [-0.39, 0.29) is 37.6 Å². The first-order valence-electron chi connectivity index (χ1n) is 3.84. The quantitative estimate of drug-likeness (QED) is 0.664. The van der Waals surface area contributed by atoms with E-state index < -0.39 is 0 Å². The van der Waals surface area contributed by atoms with Crippen molar-refractivity contribution in [1.82, 2.24) is 0 Å². The van der Waals surface area contributed by atoms with Gasteiger partial charge in [0.05, 0.1) is 13.2 Å². The van der Waals surface area contributed by atoms with E-state index in [1.807, 2.05) is 18.2 Å². The standard InChI is InChI=1S/C9H10O3.Na.H2.H/c10-4-7-2-1-3-9-8(7)5-11-6-12-9;;;/h1-3,10H,4-6H2;;1H;. The number of aliphatic hydroxyl groups is 1. The number of hydrogen-bond acceptors (Lipinski definition) is 3. The molecule has 1 heterocycles. The van der Waals surface area contributed by atoms with Gasteiger partial charge in [-0.2, -0.15) is 0 Å². The van der Waals surface area contributed by atoms with E-state index in [9.17, 15) is 0 Å². The zero-order valence-electron chi connectivity index (χ0n) is 6.62. The summed E-state index contributed by atoms with van der Waals surface area (Å²) in [7, 11) is 0. The number of rotatable bonds is 1. The predicted molar refractivity (Wildman–Crippen MR) is 51.9 cm³/mol. The Morgan fingerprint density at radius 3 is 3.08 bits per heavy atom. The molecule has 3 nitrogen and oxygen atoms in total. The van der Waals surface area contributed by atoms with Crippen LogP contribution in [0.3, 0.4) is 0 Å². The summed E-state index contributed by atoms with van der Waals surface area (Å²) < 4.78 is 10.3. The molecule has 0 saturated carbocycles. The fraction of sp³-hybridized carbons (Fsp3) is 0.333. The molecule has 0 saturated heterocycles. The van der Waals surface area contributed by atoms with Crippen molar-refractivity contribution in [2.45, 2.75) is 13.2 Å². The van der Waals surface area contributed by atoms with Crippen LogP contribution in [0.15, 0.2) is 18.2 Å². The first-order chi connectivity index (χ1) is 5.92. The van der Waals surface area contributed by atoms with Gasteiger partial charge in [0, 0.05) is 6.99 Å². The fourth-order valence-electron chi connectivity index (χ4n) is 1.31. The summed E-state index contributed by atoms with van der Waals surface area (Å²) >= 11 is 0. The second kappa shape index (κ2) is 4.98. The predicted octanol–water partition coefficient (Wildman–Crippen LogP) is 0.643. The topological polar surface area (TPSA) is 38.7 Å². The first-order valence-corrected chi connectivity index (χ1v) is 3.84. The summed E-state index contributed by atoms with van der Waals surface area (Å²) in [6, 6.07) is 5.63. The molecule has 2 rings (SSSR count). The molecule has 4 heteroatoms. The Morgan fingerprint density at radius 2 is 2.31 bits per heavy atom. The zero-order chi connectivity index (χ0) is 8.39. The molecular formula is C9H13NaO3. The molecule has 13 heavy (non-hydrogen) atoms. The molecule has 1 aromatic rings. The van der Waals surface area contributed by atoms with Gasteiger partial charge in [-0.1, -0.05) is 12.1 Å². The summed E-state index contributed by atoms with van der Waals surface area (Å²) in [6.07, 6.45) is 0. The zero-order valence-corrected chi connectivity index (χ0v) is 6.62. The van der Waals surface area contributed by atoms with E-state index in [1.165, 1.54) is 0 Å². The third-order valence-electron chi connectivity index (χ3n) is 1.94. The van der Waals surface area contributed by atoms with E-state index in [0.717, 1.165) is 16.9 Å². The second-order valence-electron chi connectivity index (χ2n) is 2.66. The Kier molecular flexibility index (Phi) is 4.22. The average molecular weight is 192 g/mol. The Hall–Kier alpha value is -0.0600. The molecule has 1 aromatic carbocycles. The van der Waals surface area contributed by atoms with Crippen molar-refractivity contribution in [3.63, 3.8) is 0 Å². The van der Waals surface area contributed by atoms with Crippen molar-refractivity contribution in [2.75, 3.05) is 6.79 Å². The summed E-state index contributed by atoms with van der Waals surface area (Å²) in [4.78, 5) is 0. The molecular weight excluding hydrogens is 179 g/mol. The molecule has 0 atom stereocenters. The molecule has 1 aliphatic heterocycles. The molecule has 0 bridgehead atoms. The van der Waals surface area contributed by atoms with Crippen LogP contribution in [-0.2, 0) is 18.0 Å². The molecule has 68 valence electrons. The SMILES string of the molecule is OCc1cccc2c1COCO2.[HH].[NaH]. The molecule has 0 aromatic heterocycles. The van der Waals surface area contributed by atoms with Crippen LogP contribution >= 0.6 is 0 Å². The van der Waals surface area contributed by atoms with Gasteiger partial charge >= 0.3 is 29.6 Å². The molecule has 1 N–H and O–H groups in total. The Labute approximate surface area is 100 Å². The Bertz CT molecular complexity index is 279. The van der Waals surface area contributed by atoms with Crippen molar-refractivity contribution >= 4 is 29.6 Å². The molecule has 0 aliphatic carbocycles. The van der Waals surface area contributed by atoms with Gasteiger partial charge in [-0.05, 0) is 11.6 Å². The van der Waals surface area contributed by atoms with Crippen LogP contribution in [0, 0.1) is 0 Å². The Balaban J connectivity index is 0.000000845. The van der Waals surface area contributed by atoms with Crippen molar-refractivity contribution in [2.24, 2.45) is 0 Å². The van der Waals surface area contributed by atoms with Gasteiger partial charge in [0.15, 0.2) is 6.79 Å². The maximum atomic E-state index is 8.98. The van der Waals surface area contributed by atoms with E-state index in [1.54, 1.807) is 0 Å². The summed E-state index contributed by atoms with van der Waals surface area (Å²) in [5.74, 6) is 0.827. The number of fused-ring (bicyclic) bond motifs is 1. The molecule has 0 amide bonds. The number of ether oxygens (including phenoxy) is 2. The molecule has 0 fully saturated rings. The van der Waals surface area contributed by atoms with Crippen molar-refractivity contribution in [3.8, 4) is 5.75 Å². The Morgan fingerprint density at radius 1 is 1.46 bits per heavy atom. The van der Waals surface area contributed by atoms with E-state index >= 15 is 0 Å². The van der Waals surface area contributed by atoms with Gasteiger partial charge < -0.3 is 14.6 Å². The average Bonchev–Trinajstić information content (AvgIpc) is 2.17. The van der Waals surface area contributed by atoms with E-state index in [0.29, 0.717) is 13.4 Å². The van der Waals surface area contributed by atoms with E-state index in [4.69, 9.17) is 14.6 Å². The molecule has 0 radical (unpaired) electrons. The molecule has 0 unspecified atom stereocenters. The summed E-state index contributed by atoms with van der Waals surface area (Å²) in [5, 5.41) is 8.98. The van der Waals surface area contributed by atoms with Gasteiger partial charge in [-0.3, -0.25) is 0 Å². The van der Waals surface area contributed by atoms with Crippen LogP contribution in [0.25, 0.3) is 0 Å².